The van der Waals surface area contributed by atoms with Gasteiger partial charge in [0, 0.05) is 13.6 Å². The van der Waals surface area contributed by atoms with E-state index >= 15 is 0 Å². The van der Waals surface area contributed by atoms with E-state index in [1.54, 1.807) is 11.0 Å². The molecule has 1 aliphatic rings. The van der Waals surface area contributed by atoms with E-state index in [-0.39, 0.29) is 11.8 Å². The standard InChI is InChI=1S/C18H17N3O2S2/c1-20-12-6-2-3-8-14(12)25-18(20)19-16(22)13-7-4-10-21(13)17(23)15-9-5-11-24-15/h2-3,5-6,8-9,11,13H,4,7,10H2,1H3/t13-/m1/s1. The number of fused-ring (bicyclic) bond motifs is 1. The first-order valence-electron chi connectivity index (χ1n) is 8.13. The Kier molecular flexibility index (Phi) is 4.27. The van der Waals surface area contributed by atoms with Crippen molar-refractivity contribution >= 4 is 44.7 Å². The molecule has 1 aliphatic heterocycles. The summed E-state index contributed by atoms with van der Waals surface area (Å²) in [7, 11) is 1.91. The van der Waals surface area contributed by atoms with Gasteiger partial charge in [0.25, 0.3) is 11.8 Å². The highest BCUT2D eigenvalue weighted by Gasteiger charge is 2.34. The average molecular weight is 371 g/mol. The van der Waals surface area contributed by atoms with Crippen LogP contribution in [0.4, 0.5) is 0 Å². The third kappa shape index (κ3) is 2.94. The number of aromatic nitrogens is 1. The van der Waals surface area contributed by atoms with E-state index in [0.717, 1.165) is 16.6 Å². The third-order valence-electron chi connectivity index (χ3n) is 4.45. The van der Waals surface area contributed by atoms with Gasteiger partial charge in [-0.25, -0.2) is 0 Å². The lowest BCUT2D eigenvalue weighted by Gasteiger charge is -2.21. The van der Waals surface area contributed by atoms with E-state index in [4.69, 9.17) is 0 Å². The lowest BCUT2D eigenvalue weighted by atomic mass is 10.2. The minimum atomic E-state index is -0.459. The normalized spacial score (nSPS) is 18.2. The molecule has 3 aromatic rings. The molecule has 0 bridgehead atoms. The van der Waals surface area contributed by atoms with Gasteiger partial charge in [-0.1, -0.05) is 29.5 Å². The summed E-state index contributed by atoms with van der Waals surface area (Å²) in [5.74, 6) is -0.300. The molecule has 1 aromatic carbocycles. The second-order valence-electron chi connectivity index (χ2n) is 6.00. The Balaban J connectivity index is 1.65. The summed E-state index contributed by atoms with van der Waals surface area (Å²) in [4.78, 5) is 32.7. The Hall–Kier alpha value is -2.25. The number of carbonyl (C=O) groups is 2. The van der Waals surface area contributed by atoms with Crippen LogP contribution in [0.2, 0.25) is 0 Å². The van der Waals surface area contributed by atoms with Crippen LogP contribution in [-0.2, 0) is 11.8 Å². The van der Waals surface area contributed by atoms with E-state index in [2.05, 4.69) is 4.99 Å². The van der Waals surface area contributed by atoms with Gasteiger partial charge in [-0.05, 0) is 36.4 Å². The summed E-state index contributed by atoms with van der Waals surface area (Å²) < 4.78 is 3.02. The van der Waals surface area contributed by atoms with Gasteiger partial charge >= 0.3 is 0 Å². The first-order valence-corrected chi connectivity index (χ1v) is 9.82. The zero-order valence-electron chi connectivity index (χ0n) is 13.7. The number of likely N-dealkylation sites (tertiary alicyclic amines) is 1. The van der Waals surface area contributed by atoms with E-state index in [0.29, 0.717) is 22.6 Å². The molecule has 5 nitrogen and oxygen atoms in total. The fourth-order valence-corrected chi connectivity index (χ4v) is 4.87. The molecule has 2 aromatic heterocycles. The highest BCUT2D eigenvalue weighted by molar-refractivity contribution is 7.16. The highest BCUT2D eigenvalue weighted by atomic mass is 32.1. The molecule has 4 rings (SSSR count). The predicted octanol–water partition coefficient (Wildman–Crippen LogP) is 3.03. The fourth-order valence-electron chi connectivity index (χ4n) is 3.17. The maximum Gasteiger partial charge on any atom is 0.271 e. The second-order valence-corrected chi connectivity index (χ2v) is 7.95. The van der Waals surface area contributed by atoms with Gasteiger partial charge in [0.1, 0.15) is 6.04 Å². The van der Waals surface area contributed by atoms with E-state index in [9.17, 15) is 9.59 Å². The van der Waals surface area contributed by atoms with E-state index in [1.807, 2.05) is 47.3 Å². The lowest BCUT2D eigenvalue weighted by Crippen LogP contribution is -2.40. The quantitative estimate of drug-likeness (QED) is 0.695. The summed E-state index contributed by atoms with van der Waals surface area (Å²) in [6, 6.07) is 11.2. The van der Waals surface area contributed by atoms with Gasteiger partial charge in [-0.15, -0.1) is 11.3 Å². The van der Waals surface area contributed by atoms with Crippen molar-refractivity contribution in [3.05, 3.63) is 51.5 Å². The maximum atomic E-state index is 12.8. The van der Waals surface area contributed by atoms with Crippen molar-refractivity contribution in [1.82, 2.24) is 9.47 Å². The first-order chi connectivity index (χ1) is 12.1. The molecule has 0 radical (unpaired) electrons. The fraction of sp³-hybridized carbons (Fsp3) is 0.278. The Morgan fingerprint density at radius 3 is 2.80 bits per heavy atom. The van der Waals surface area contributed by atoms with Crippen LogP contribution < -0.4 is 4.80 Å². The van der Waals surface area contributed by atoms with Crippen LogP contribution in [0.1, 0.15) is 22.5 Å². The van der Waals surface area contributed by atoms with Crippen LogP contribution in [0, 0.1) is 0 Å². The summed E-state index contributed by atoms with van der Waals surface area (Å²) in [5.41, 5.74) is 1.05. The maximum absolute atomic E-state index is 12.8. The van der Waals surface area contributed by atoms with Gasteiger partial charge < -0.3 is 9.47 Å². The topological polar surface area (TPSA) is 54.7 Å². The number of thiophene rings is 1. The first kappa shape index (κ1) is 16.2. The predicted molar refractivity (Wildman–Crippen MR) is 99.7 cm³/mol. The van der Waals surface area contributed by atoms with E-state index < -0.39 is 6.04 Å². The molecule has 0 N–H and O–H groups in total. The molecule has 1 saturated heterocycles. The van der Waals surface area contributed by atoms with Gasteiger partial charge in [0.15, 0.2) is 4.80 Å². The molecule has 0 saturated carbocycles. The monoisotopic (exact) mass is 371 g/mol. The third-order valence-corrected chi connectivity index (χ3v) is 6.42. The Bertz CT molecular complexity index is 1000. The van der Waals surface area contributed by atoms with Crippen molar-refractivity contribution in [2.75, 3.05) is 6.54 Å². The molecular weight excluding hydrogens is 354 g/mol. The number of thiazole rings is 1. The van der Waals surface area contributed by atoms with Gasteiger partial charge in [0.2, 0.25) is 0 Å². The van der Waals surface area contributed by atoms with Crippen molar-refractivity contribution < 1.29 is 9.59 Å². The van der Waals surface area contributed by atoms with Crippen LogP contribution >= 0.6 is 22.7 Å². The smallest absolute Gasteiger partial charge is 0.271 e. The Morgan fingerprint density at radius 1 is 1.20 bits per heavy atom. The van der Waals surface area contributed by atoms with Crippen LogP contribution in [0.5, 0.6) is 0 Å². The molecule has 128 valence electrons. The Morgan fingerprint density at radius 2 is 2.04 bits per heavy atom. The van der Waals surface area contributed by atoms with Crippen LogP contribution in [0.25, 0.3) is 10.2 Å². The Labute approximate surface area is 152 Å². The number of amides is 2. The van der Waals surface area contributed by atoms with Crippen molar-refractivity contribution in [1.29, 1.82) is 0 Å². The minimum Gasteiger partial charge on any atom is -0.326 e. The summed E-state index contributed by atoms with van der Waals surface area (Å²) in [6.45, 7) is 0.612. The van der Waals surface area contributed by atoms with Gasteiger partial charge in [-0.3, -0.25) is 9.59 Å². The summed E-state index contributed by atoms with van der Waals surface area (Å²) >= 11 is 2.90. The molecule has 3 heterocycles. The second kappa shape index (κ2) is 6.57. The largest absolute Gasteiger partial charge is 0.326 e. The molecule has 0 aliphatic carbocycles. The molecule has 0 spiro atoms. The van der Waals surface area contributed by atoms with Crippen molar-refractivity contribution in [2.45, 2.75) is 18.9 Å². The summed E-state index contributed by atoms with van der Waals surface area (Å²) in [6.07, 6.45) is 1.51. The molecule has 1 fully saturated rings. The van der Waals surface area contributed by atoms with Crippen LogP contribution in [0.3, 0.4) is 0 Å². The number of benzene rings is 1. The molecule has 1 atom stereocenters. The van der Waals surface area contributed by atoms with E-state index in [1.165, 1.54) is 22.7 Å². The SMILES string of the molecule is Cn1c(=NC(=O)[C@H]2CCCN2C(=O)c2cccs2)sc2ccccc21. The molecule has 0 unspecified atom stereocenters. The number of rotatable bonds is 2. The summed E-state index contributed by atoms with van der Waals surface area (Å²) in [5, 5.41) is 1.88. The molecule has 7 heteroatoms. The molecular formula is C18H17N3O2S2. The zero-order chi connectivity index (χ0) is 17.4. The van der Waals surface area contributed by atoms with Crippen LogP contribution in [0.15, 0.2) is 46.8 Å². The number of aryl methyl sites for hydroxylation is 1. The van der Waals surface area contributed by atoms with Gasteiger partial charge in [-0.2, -0.15) is 4.99 Å². The molecule has 25 heavy (non-hydrogen) atoms. The lowest BCUT2D eigenvalue weighted by molar-refractivity contribution is -0.121. The van der Waals surface area contributed by atoms with Crippen LogP contribution in [-0.4, -0.2) is 33.9 Å². The number of hydrogen-bond acceptors (Lipinski definition) is 4. The van der Waals surface area contributed by atoms with Crippen molar-refractivity contribution in [3.63, 3.8) is 0 Å². The zero-order valence-corrected chi connectivity index (χ0v) is 15.3. The number of nitrogens with zero attached hydrogens (tertiary/aromatic N) is 3. The van der Waals surface area contributed by atoms with Crippen molar-refractivity contribution in [3.8, 4) is 0 Å². The highest BCUT2D eigenvalue weighted by Crippen LogP contribution is 2.23. The molecule has 2 amide bonds. The number of carbonyl (C=O) groups excluding carboxylic acids is 2. The average Bonchev–Trinajstić information content (AvgIpc) is 3.35. The number of hydrogen-bond donors (Lipinski definition) is 0. The van der Waals surface area contributed by atoms with Crippen molar-refractivity contribution in [2.24, 2.45) is 12.0 Å². The van der Waals surface area contributed by atoms with Gasteiger partial charge in [0.05, 0.1) is 15.1 Å². The number of para-hydroxylation sites is 1. The minimum absolute atomic E-state index is 0.0678.